The zero-order valence-corrected chi connectivity index (χ0v) is 9.32. The van der Waals surface area contributed by atoms with Gasteiger partial charge in [-0.25, -0.2) is 0 Å². The average molecular weight is 214 g/mol. The molecule has 1 atom stereocenters. The van der Waals surface area contributed by atoms with Crippen molar-refractivity contribution in [3.63, 3.8) is 0 Å². The van der Waals surface area contributed by atoms with Crippen LogP contribution in [0.5, 0.6) is 0 Å². The van der Waals surface area contributed by atoms with Crippen molar-refractivity contribution in [3.8, 4) is 0 Å². The molecule has 0 saturated carbocycles. The molecule has 0 aromatic heterocycles. The normalized spacial score (nSPS) is 20.1. The fourth-order valence-corrected chi connectivity index (χ4v) is 2.09. The molecule has 0 radical (unpaired) electrons. The first-order chi connectivity index (χ1) is 7.24. The van der Waals surface area contributed by atoms with Gasteiger partial charge in [0.05, 0.1) is 5.92 Å². The van der Waals surface area contributed by atoms with Crippen LogP contribution in [0.2, 0.25) is 0 Å². The van der Waals surface area contributed by atoms with E-state index in [0.717, 1.165) is 13.0 Å². The van der Waals surface area contributed by atoms with E-state index < -0.39 is 5.97 Å². The van der Waals surface area contributed by atoms with E-state index in [2.05, 4.69) is 4.90 Å². The molecule has 0 unspecified atom stereocenters. The molecule has 1 saturated heterocycles. The quantitative estimate of drug-likeness (QED) is 0.689. The van der Waals surface area contributed by atoms with Gasteiger partial charge >= 0.3 is 5.97 Å². The average Bonchev–Trinajstić information content (AvgIpc) is 2.25. The molecule has 1 rings (SSSR count). The molecule has 0 amide bonds. The molecule has 3 N–H and O–H groups in total. The second kappa shape index (κ2) is 6.80. The lowest BCUT2D eigenvalue weighted by atomic mass is 10.0. The van der Waals surface area contributed by atoms with Crippen molar-refractivity contribution in [3.05, 3.63) is 0 Å². The molecule has 0 aromatic rings. The largest absolute Gasteiger partial charge is 0.481 e. The molecule has 1 heterocycles. The van der Waals surface area contributed by atoms with Crippen LogP contribution in [0.15, 0.2) is 0 Å². The van der Waals surface area contributed by atoms with E-state index in [1.54, 1.807) is 0 Å². The van der Waals surface area contributed by atoms with Crippen LogP contribution in [0.3, 0.4) is 0 Å². The first kappa shape index (κ1) is 12.5. The maximum atomic E-state index is 10.7. The fraction of sp³-hybridized carbons (Fsp3) is 0.909. The monoisotopic (exact) mass is 214 g/mol. The summed E-state index contributed by atoms with van der Waals surface area (Å²) in [5, 5.41) is 8.82. The third-order valence-electron chi connectivity index (χ3n) is 3.11. The van der Waals surface area contributed by atoms with Crippen LogP contribution in [-0.4, -0.2) is 42.2 Å². The molecule has 1 aliphatic heterocycles. The summed E-state index contributed by atoms with van der Waals surface area (Å²) in [6.07, 6.45) is 5.59. The van der Waals surface area contributed by atoms with Gasteiger partial charge in [-0.1, -0.05) is 6.42 Å². The Morgan fingerprint density at radius 1 is 1.33 bits per heavy atom. The Morgan fingerprint density at radius 3 is 2.53 bits per heavy atom. The van der Waals surface area contributed by atoms with Gasteiger partial charge in [-0.15, -0.1) is 0 Å². The Labute approximate surface area is 91.4 Å². The molecule has 88 valence electrons. The number of carboxylic acid groups (broad SMARTS) is 1. The van der Waals surface area contributed by atoms with Gasteiger partial charge in [0.25, 0.3) is 0 Å². The second-order valence-electron chi connectivity index (χ2n) is 4.32. The fourth-order valence-electron chi connectivity index (χ4n) is 2.09. The van der Waals surface area contributed by atoms with E-state index in [4.69, 9.17) is 10.8 Å². The lowest BCUT2D eigenvalue weighted by molar-refractivity contribution is -0.141. The number of nitrogens with two attached hydrogens (primary N) is 1. The van der Waals surface area contributed by atoms with Crippen molar-refractivity contribution in [2.75, 3.05) is 26.2 Å². The van der Waals surface area contributed by atoms with E-state index in [-0.39, 0.29) is 12.5 Å². The molecule has 1 fully saturated rings. The number of likely N-dealkylation sites (tertiary alicyclic amines) is 1. The minimum absolute atomic E-state index is 0.259. The van der Waals surface area contributed by atoms with Crippen molar-refractivity contribution in [1.82, 2.24) is 4.90 Å². The molecule has 4 nitrogen and oxygen atoms in total. The number of hydrogen-bond donors (Lipinski definition) is 2. The summed E-state index contributed by atoms with van der Waals surface area (Å²) < 4.78 is 0. The summed E-state index contributed by atoms with van der Waals surface area (Å²) in [5.74, 6) is -1.11. The van der Waals surface area contributed by atoms with E-state index in [9.17, 15) is 4.79 Å². The van der Waals surface area contributed by atoms with E-state index in [1.807, 2.05) is 0 Å². The third-order valence-corrected chi connectivity index (χ3v) is 3.11. The number of piperidine rings is 1. The predicted molar refractivity (Wildman–Crippen MR) is 59.7 cm³/mol. The highest BCUT2D eigenvalue weighted by Gasteiger charge is 2.16. The van der Waals surface area contributed by atoms with Crippen molar-refractivity contribution in [2.24, 2.45) is 11.7 Å². The standard InChI is InChI=1S/C11H22N2O2/c12-9-10(11(14)15)5-4-8-13-6-2-1-3-7-13/h10H,1-9,12H2,(H,14,15)/t10-/m0/s1. The maximum Gasteiger partial charge on any atom is 0.307 e. The van der Waals surface area contributed by atoms with E-state index >= 15 is 0 Å². The van der Waals surface area contributed by atoms with Crippen LogP contribution in [-0.2, 0) is 4.79 Å². The Bertz CT molecular complexity index is 191. The number of aliphatic carboxylic acids is 1. The first-order valence-electron chi connectivity index (χ1n) is 5.89. The number of nitrogens with zero attached hydrogens (tertiary/aromatic N) is 1. The summed E-state index contributed by atoms with van der Waals surface area (Å²) in [6, 6.07) is 0. The van der Waals surface area contributed by atoms with Gasteiger partial charge in [0.2, 0.25) is 0 Å². The summed E-state index contributed by atoms with van der Waals surface area (Å²) in [4.78, 5) is 13.1. The predicted octanol–water partition coefficient (Wildman–Crippen LogP) is 0.912. The number of rotatable bonds is 6. The molecule has 15 heavy (non-hydrogen) atoms. The third kappa shape index (κ3) is 4.62. The molecule has 0 spiro atoms. The Balaban J connectivity index is 2.11. The van der Waals surface area contributed by atoms with Crippen LogP contribution in [0, 0.1) is 5.92 Å². The highest BCUT2D eigenvalue weighted by Crippen LogP contribution is 2.11. The van der Waals surface area contributed by atoms with Crippen molar-refractivity contribution in [1.29, 1.82) is 0 Å². The molecule has 1 aliphatic rings. The minimum Gasteiger partial charge on any atom is -0.481 e. The van der Waals surface area contributed by atoms with Gasteiger partial charge < -0.3 is 15.7 Å². The summed E-state index contributed by atoms with van der Waals surface area (Å²) in [6.45, 7) is 3.65. The smallest absolute Gasteiger partial charge is 0.307 e. The SMILES string of the molecule is NC[C@H](CCCN1CCCCC1)C(=O)O. The van der Waals surface area contributed by atoms with Crippen molar-refractivity contribution >= 4 is 5.97 Å². The lowest BCUT2D eigenvalue weighted by Gasteiger charge is -2.26. The highest BCUT2D eigenvalue weighted by atomic mass is 16.4. The molecular weight excluding hydrogens is 192 g/mol. The van der Waals surface area contributed by atoms with E-state index in [0.29, 0.717) is 6.42 Å². The molecular formula is C11H22N2O2. The van der Waals surface area contributed by atoms with Crippen LogP contribution >= 0.6 is 0 Å². The summed E-state index contributed by atoms with van der Waals surface area (Å²) >= 11 is 0. The van der Waals surface area contributed by atoms with Gasteiger partial charge in [-0.05, 0) is 45.3 Å². The Hall–Kier alpha value is -0.610. The molecule has 0 bridgehead atoms. The van der Waals surface area contributed by atoms with Gasteiger partial charge in [0, 0.05) is 6.54 Å². The van der Waals surface area contributed by atoms with Gasteiger partial charge in [0.15, 0.2) is 0 Å². The van der Waals surface area contributed by atoms with Crippen LogP contribution < -0.4 is 5.73 Å². The maximum absolute atomic E-state index is 10.7. The summed E-state index contributed by atoms with van der Waals surface area (Å²) in [7, 11) is 0. The van der Waals surface area contributed by atoms with Crippen molar-refractivity contribution < 1.29 is 9.90 Å². The van der Waals surface area contributed by atoms with Crippen LogP contribution in [0.4, 0.5) is 0 Å². The zero-order valence-electron chi connectivity index (χ0n) is 9.32. The number of hydrogen-bond acceptors (Lipinski definition) is 3. The van der Waals surface area contributed by atoms with Gasteiger partial charge in [-0.3, -0.25) is 4.79 Å². The zero-order chi connectivity index (χ0) is 11.1. The second-order valence-corrected chi connectivity index (χ2v) is 4.32. The van der Waals surface area contributed by atoms with Gasteiger partial charge in [0.1, 0.15) is 0 Å². The summed E-state index contributed by atoms with van der Waals surface area (Å²) in [5.41, 5.74) is 5.40. The lowest BCUT2D eigenvalue weighted by Crippen LogP contribution is -2.31. The minimum atomic E-state index is -0.754. The Morgan fingerprint density at radius 2 is 2.00 bits per heavy atom. The topological polar surface area (TPSA) is 66.6 Å². The van der Waals surface area contributed by atoms with Crippen molar-refractivity contribution in [2.45, 2.75) is 32.1 Å². The molecule has 4 heteroatoms. The molecule has 0 aliphatic carbocycles. The highest BCUT2D eigenvalue weighted by molar-refractivity contribution is 5.70. The van der Waals surface area contributed by atoms with Crippen LogP contribution in [0.1, 0.15) is 32.1 Å². The number of carboxylic acids is 1. The van der Waals surface area contributed by atoms with Crippen LogP contribution in [0.25, 0.3) is 0 Å². The first-order valence-corrected chi connectivity index (χ1v) is 5.89. The van der Waals surface area contributed by atoms with E-state index in [1.165, 1.54) is 32.4 Å². The Kier molecular flexibility index (Phi) is 5.65. The molecule has 0 aromatic carbocycles. The number of carbonyl (C=O) groups is 1. The van der Waals surface area contributed by atoms with Gasteiger partial charge in [-0.2, -0.15) is 0 Å².